The zero-order valence-corrected chi connectivity index (χ0v) is 15.4. The summed E-state index contributed by atoms with van der Waals surface area (Å²) >= 11 is 6.32. The Kier molecular flexibility index (Phi) is 4.79. The zero-order valence-electron chi connectivity index (χ0n) is 12.2. The molecule has 0 spiro atoms. The molecule has 0 unspecified atom stereocenters. The van der Waals surface area contributed by atoms with Crippen molar-refractivity contribution in [2.45, 2.75) is 38.4 Å². The Bertz CT molecular complexity index is 654. The van der Waals surface area contributed by atoms with Crippen molar-refractivity contribution in [3.05, 3.63) is 15.4 Å². The number of halogens is 1. The second-order valence-corrected chi connectivity index (χ2v) is 8.87. The fraction of sp³-hybridized carbons (Fsp3) is 0.462. The van der Waals surface area contributed by atoms with Gasteiger partial charge in [0.25, 0.3) is 0 Å². The van der Waals surface area contributed by atoms with E-state index in [4.69, 9.17) is 5.11 Å². The van der Waals surface area contributed by atoms with E-state index in [-0.39, 0.29) is 11.3 Å². The Labute approximate surface area is 139 Å². The van der Waals surface area contributed by atoms with Crippen LogP contribution in [0.3, 0.4) is 0 Å². The molecule has 2 aromatic heterocycles. The zero-order chi connectivity index (χ0) is 15.8. The van der Waals surface area contributed by atoms with E-state index in [1.54, 1.807) is 11.3 Å². The van der Waals surface area contributed by atoms with Crippen LogP contribution < -0.4 is 0 Å². The van der Waals surface area contributed by atoms with Gasteiger partial charge in [0.2, 0.25) is 0 Å². The number of carboxylic acids is 1. The van der Waals surface area contributed by atoms with Crippen molar-refractivity contribution in [2.24, 2.45) is 0 Å². The number of thioether (sulfide) groups is 1. The van der Waals surface area contributed by atoms with E-state index in [1.807, 2.05) is 11.5 Å². The largest absolute Gasteiger partial charge is 0.481 e. The normalized spacial score (nSPS) is 11.9. The van der Waals surface area contributed by atoms with Gasteiger partial charge in [-0.05, 0) is 55.3 Å². The number of rotatable bonds is 4. The third-order valence-corrected chi connectivity index (χ3v) is 5.75. The molecule has 0 saturated heterocycles. The summed E-state index contributed by atoms with van der Waals surface area (Å²) in [6.07, 6.45) is 0. The maximum absolute atomic E-state index is 10.8. The molecule has 1 N–H and O–H groups in total. The molecule has 0 fully saturated rings. The van der Waals surface area contributed by atoms with Crippen LogP contribution in [-0.4, -0.2) is 31.6 Å². The van der Waals surface area contributed by atoms with E-state index < -0.39 is 5.97 Å². The number of nitrogens with zero attached hydrogens (tertiary/aromatic N) is 3. The molecule has 0 aliphatic carbocycles. The van der Waals surface area contributed by atoms with Crippen LogP contribution in [0.15, 0.2) is 15.0 Å². The highest BCUT2D eigenvalue weighted by Gasteiger charge is 2.25. The lowest BCUT2D eigenvalue weighted by molar-refractivity contribution is -0.133. The highest BCUT2D eigenvalue weighted by molar-refractivity contribution is 9.11. The first kappa shape index (κ1) is 16.5. The van der Waals surface area contributed by atoms with Crippen LogP contribution in [0.5, 0.6) is 0 Å². The fourth-order valence-electron chi connectivity index (χ4n) is 1.82. The molecule has 8 heteroatoms. The van der Waals surface area contributed by atoms with Gasteiger partial charge in [0.1, 0.15) is 0 Å². The van der Waals surface area contributed by atoms with Crippen molar-refractivity contribution in [1.82, 2.24) is 14.8 Å². The summed E-state index contributed by atoms with van der Waals surface area (Å²) in [4.78, 5) is 11.8. The van der Waals surface area contributed by atoms with Gasteiger partial charge in [-0.3, -0.25) is 9.36 Å². The summed E-state index contributed by atoms with van der Waals surface area (Å²) in [5.74, 6) is -0.115. The average Bonchev–Trinajstić information content (AvgIpc) is 2.90. The van der Waals surface area contributed by atoms with E-state index in [0.29, 0.717) is 5.16 Å². The van der Waals surface area contributed by atoms with Gasteiger partial charge in [-0.25, -0.2) is 0 Å². The lowest BCUT2D eigenvalue weighted by atomic mass is 10.1. The first-order valence-electron chi connectivity index (χ1n) is 6.27. The molecule has 5 nitrogen and oxygen atoms in total. The Morgan fingerprint density at radius 2 is 2.14 bits per heavy atom. The van der Waals surface area contributed by atoms with E-state index in [9.17, 15) is 4.79 Å². The Morgan fingerprint density at radius 1 is 1.48 bits per heavy atom. The molecular formula is C13H16BrN3O2S2. The number of aliphatic carboxylic acids is 1. The van der Waals surface area contributed by atoms with Crippen LogP contribution in [0.4, 0.5) is 0 Å². The first-order valence-corrected chi connectivity index (χ1v) is 8.86. The topological polar surface area (TPSA) is 68.0 Å². The van der Waals surface area contributed by atoms with Crippen LogP contribution >= 0.6 is 39.0 Å². The van der Waals surface area contributed by atoms with Gasteiger partial charge in [-0.15, -0.1) is 21.5 Å². The maximum Gasteiger partial charge on any atom is 0.313 e. The summed E-state index contributed by atoms with van der Waals surface area (Å²) in [5, 5.41) is 17.9. The van der Waals surface area contributed by atoms with Crippen LogP contribution in [-0.2, 0) is 10.3 Å². The van der Waals surface area contributed by atoms with Gasteiger partial charge < -0.3 is 5.11 Å². The Hall–Kier alpha value is -0.860. The Balaban J connectivity index is 2.49. The number of carboxylic acid groups (broad SMARTS) is 1. The van der Waals surface area contributed by atoms with Crippen molar-refractivity contribution >= 4 is 45.0 Å². The number of aryl methyl sites for hydroxylation is 1. The summed E-state index contributed by atoms with van der Waals surface area (Å²) in [5.41, 5.74) is 0.919. The minimum atomic E-state index is -0.861. The molecule has 2 aromatic rings. The summed E-state index contributed by atoms with van der Waals surface area (Å²) in [7, 11) is 0. The standard InChI is InChI=1S/C13H16BrN3O2S2/c1-7-5-8(21-10(7)14)11-15-16-12(20-6-9(18)19)17(11)13(2,3)4/h5H,6H2,1-4H3,(H,18,19). The van der Waals surface area contributed by atoms with Gasteiger partial charge in [-0.1, -0.05) is 11.8 Å². The third kappa shape index (κ3) is 3.67. The smallest absolute Gasteiger partial charge is 0.313 e. The molecule has 2 heterocycles. The minimum Gasteiger partial charge on any atom is -0.481 e. The SMILES string of the molecule is Cc1cc(-c2nnc(SCC(=O)O)n2C(C)(C)C)sc1Br. The molecule has 0 radical (unpaired) electrons. The molecule has 0 atom stereocenters. The lowest BCUT2D eigenvalue weighted by Gasteiger charge is -2.24. The van der Waals surface area contributed by atoms with E-state index in [2.05, 4.69) is 53.0 Å². The van der Waals surface area contributed by atoms with Crippen molar-refractivity contribution in [2.75, 3.05) is 5.75 Å². The Morgan fingerprint density at radius 3 is 2.62 bits per heavy atom. The highest BCUT2D eigenvalue weighted by atomic mass is 79.9. The molecule has 0 aliphatic rings. The monoisotopic (exact) mass is 389 g/mol. The van der Waals surface area contributed by atoms with Crippen molar-refractivity contribution in [1.29, 1.82) is 0 Å². The summed E-state index contributed by atoms with van der Waals surface area (Å²) in [6, 6.07) is 2.06. The molecule has 0 aliphatic heterocycles. The van der Waals surface area contributed by atoms with Crippen LogP contribution in [0, 0.1) is 6.92 Å². The molecule has 0 aromatic carbocycles. The summed E-state index contributed by atoms with van der Waals surface area (Å²) in [6.45, 7) is 8.20. The van der Waals surface area contributed by atoms with Gasteiger partial charge in [0, 0.05) is 5.54 Å². The van der Waals surface area contributed by atoms with Crippen molar-refractivity contribution in [3.63, 3.8) is 0 Å². The molecule has 0 saturated carbocycles. The van der Waals surface area contributed by atoms with Gasteiger partial charge >= 0.3 is 5.97 Å². The predicted molar refractivity (Wildman–Crippen MR) is 89.1 cm³/mol. The van der Waals surface area contributed by atoms with Gasteiger partial charge in [0.15, 0.2) is 11.0 Å². The molecular weight excluding hydrogens is 374 g/mol. The summed E-state index contributed by atoms with van der Waals surface area (Å²) < 4.78 is 3.07. The fourth-order valence-corrected chi connectivity index (χ4v) is 4.17. The van der Waals surface area contributed by atoms with E-state index in [1.165, 1.54) is 11.8 Å². The van der Waals surface area contributed by atoms with E-state index in [0.717, 1.165) is 20.1 Å². The average molecular weight is 390 g/mol. The number of thiophene rings is 1. The lowest BCUT2D eigenvalue weighted by Crippen LogP contribution is -2.23. The second-order valence-electron chi connectivity index (χ2n) is 5.56. The molecule has 0 amide bonds. The molecule has 2 rings (SSSR count). The number of hydrogen-bond donors (Lipinski definition) is 1. The maximum atomic E-state index is 10.8. The number of hydrogen-bond acceptors (Lipinski definition) is 5. The molecule has 0 bridgehead atoms. The van der Waals surface area contributed by atoms with Gasteiger partial charge in [0.05, 0.1) is 14.4 Å². The first-order chi connectivity index (χ1) is 9.70. The van der Waals surface area contributed by atoms with Crippen LogP contribution in [0.2, 0.25) is 0 Å². The van der Waals surface area contributed by atoms with Crippen molar-refractivity contribution < 1.29 is 9.90 Å². The van der Waals surface area contributed by atoms with Crippen molar-refractivity contribution in [3.8, 4) is 10.7 Å². The number of aromatic nitrogens is 3. The highest BCUT2D eigenvalue weighted by Crippen LogP contribution is 2.37. The molecule has 114 valence electrons. The van der Waals surface area contributed by atoms with Crippen LogP contribution in [0.1, 0.15) is 26.3 Å². The predicted octanol–water partition coefficient (Wildman–Crippen LogP) is 4.01. The second kappa shape index (κ2) is 6.10. The van der Waals surface area contributed by atoms with Gasteiger partial charge in [-0.2, -0.15) is 0 Å². The molecule has 21 heavy (non-hydrogen) atoms. The van der Waals surface area contributed by atoms with Crippen LogP contribution in [0.25, 0.3) is 10.7 Å². The minimum absolute atomic E-state index is 0.0264. The number of carbonyl (C=O) groups is 1. The quantitative estimate of drug-likeness (QED) is 0.799. The third-order valence-electron chi connectivity index (χ3n) is 2.71. The van der Waals surface area contributed by atoms with E-state index >= 15 is 0 Å².